The lowest BCUT2D eigenvalue weighted by atomic mass is 10.1. The molecule has 2 aromatic rings. The third-order valence-corrected chi connectivity index (χ3v) is 4.85. The molecule has 1 amide bonds. The first kappa shape index (κ1) is 22.9. The number of benzene rings is 2. The van der Waals surface area contributed by atoms with E-state index >= 15 is 0 Å². The van der Waals surface area contributed by atoms with Gasteiger partial charge in [-0.05, 0) is 51.3 Å². The summed E-state index contributed by atoms with van der Waals surface area (Å²) < 4.78 is 23.0. The minimum absolute atomic E-state index is 0.142. The van der Waals surface area contributed by atoms with Crippen LogP contribution in [0.5, 0.6) is 11.5 Å². The van der Waals surface area contributed by atoms with Gasteiger partial charge in [-0.25, -0.2) is 4.79 Å². The van der Waals surface area contributed by atoms with E-state index in [9.17, 15) is 4.79 Å². The van der Waals surface area contributed by atoms with Gasteiger partial charge in [0.05, 0.1) is 12.7 Å². The average molecular weight is 428 g/mol. The van der Waals surface area contributed by atoms with Gasteiger partial charge in [-0.3, -0.25) is 0 Å². The van der Waals surface area contributed by atoms with Gasteiger partial charge in [-0.15, -0.1) is 0 Å². The molecule has 1 aliphatic rings. The van der Waals surface area contributed by atoms with Gasteiger partial charge in [0.1, 0.15) is 30.3 Å². The molecule has 168 valence electrons. The standard InChI is InChI=1S/C25H33NO5/c1-25(2,3)31-24(27)26-14-12-21(13-15-26)28-16-17-29-22-10-7-11-23(18-22)30-19-20-8-5-4-6-9-20/h4-11,18,21H,12-17,19H2,1-3H3. The van der Waals surface area contributed by atoms with Crippen LogP contribution in [0.15, 0.2) is 54.6 Å². The number of carbonyl (C=O) groups excluding carboxylic acids is 1. The topological polar surface area (TPSA) is 57.2 Å². The molecule has 0 atom stereocenters. The van der Waals surface area contributed by atoms with E-state index in [-0.39, 0.29) is 12.2 Å². The van der Waals surface area contributed by atoms with E-state index in [2.05, 4.69) is 0 Å². The van der Waals surface area contributed by atoms with Crippen LogP contribution in [0, 0.1) is 0 Å². The number of piperidine rings is 1. The van der Waals surface area contributed by atoms with Crippen molar-refractivity contribution in [2.75, 3.05) is 26.3 Å². The van der Waals surface area contributed by atoms with Gasteiger partial charge in [-0.2, -0.15) is 0 Å². The van der Waals surface area contributed by atoms with Crippen LogP contribution in [-0.4, -0.2) is 49.0 Å². The van der Waals surface area contributed by atoms with Crippen LogP contribution in [0.25, 0.3) is 0 Å². The third kappa shape index (κ3) is 8.13. The van der Waals surface area contributed by atoms with Crippen LogP contribution in [0.3, 0.4) is 0 Å². The highest BCUT2D eigenvalue weighted by Gasteiger charge is 2.27. The van der Waals surface area contributed by atoms with E-state index in [4.69, 9.17) is 18.9 Å². The van der Waals surface area contributed by atoms with Crippen molar-refractivity contribution in [1.29, 1.82) is 0 Å². The highest BCUT2D eigenvalue weighted by Crippen LogP contribution is 2.21. The Kier molecular flexibility index (Phi) is 8.18. The maximum absolute atomic E-state index is 12.1. The smallest absolute Gasteiger partial charge is 0.410 e. The second-order valence-electron chi connectivity index (χ2n) is 8.64. The molecule has 6 nitrogen and oxygen atoms in total. The fourth-order valence-electron chi connectivity index (χ4n) is 3.30. The van der Waals surface area contributed by atoms with Gasteiger partial charge in [0, 0.05) is 19.2 Å². The van der Waals surface area contributed by atoms with Gasteiger partial charge in [-0.1, -0.05) is 36.4 Å². The van der Waals surface area contributed by atoms with E-state index in [1.807, 2.05) is 75.4 Å². The van der Waals surface area contributed by atoms with Crippen molar-refractivity contribution >= 4 is 6.09 Å². The SMILES string of the molecule is CC(C)(C)OC(=O)N1CCC(OCCOc2cccc(OCc3ccccc3)c2)CC1. The number of amides is 1. The number of rotatable bonds is 8. The van der Waals surface area contributed by atoms with Crippen molar-refractivity contribution in [3.05, 3.63) is 60.2 Å². The Balaban J connectivity index is 1.33. The quantitative estimate of drug-likeness (QED) is 0.551. The van der Waals surface area contributed by atoms with Gasteiger partial charge in [0.15, 0.2) is 0 Å². The van der Waals surface area contributed by atoms with Crippen LogP contribution in [0.2, 0.25) is 0 Å². The van der Waals surface area contributed by atoms with Crippen molar-refractivity contribution in [1.82, 2.24) is 4.90 Å². The number of ether oxygens (including phenoxy) is 4. The molecule has 31 heavy (non-hydrogen) atoms. The van der Waals surface area contributed by atoms with E-state index < -0.39 is 5.60 Å². The molecule has 6 heteroatoms. The predicted octanol–water partition coefficient (Wildman–Crippen LogP) is 5.06. The Hall–Kier alpha value is -2.73. The van der Waals surface area contributed by atoms with Gasteiger partial charge < -0.3 is 23.8 Å². The van der Waals surface area contributed by atoms with E-state index in [0.717, 1.165) is 29.9 Å². The number of hydrogen-bond donors (Lipinski definition) is 0. The zero-order chi connectivity index (χ0) is 22.1. The van der Waals surface area contributed by atoms with Crippen molar-refractivity contribution in [3.8, 4) is 11.5 Å². The highest BCUT2D eigenvalue weighted by molar-refractivity contribution is 5.68. The molecule has 3 rings (SSSR count). The number of hydrogen-bond acceptors (Lipinski definition) is 5. The zero-order valence-electron chi connectivity index (χ0n) is 18.7. The molecule has 0 radical (unpaired) electrons. The Labute approximate surface area is 185 Å². The fraction of sp³-hybridized carbons (Fsp3) is 0.480. The third-order valence-electron chi connectivity index (χ3n) is 4.85. The molecular weight excluding hydrogens is 394 g/mol. The summed E-state index contributed by atoms with van der Waals surface area (Å²) >= 11 is 0. The summed E-state index contributed by atoms with van der Waals surface area (Å²) in [5, 5.41) is 0. The Morgan fingerprint density at radius 1 is 0.935 bits per heavy atom. The van der Waals surface area contributed by atoms with Crippen LogP contribution >= 0.6 is 0 Å². The summed E-state index contributed by atoms with van der Waals surface area (Å²) in [7, 11) is 0. The molecule has 0 unspecified atom stereocenters. The first-order chi connectivity index (χ1) is 14.9. The predicted molar refractivity (Wildman–Crippen MR) is 119 cm³/mol. The number of carbonyl (C=O) groups is 1. The molecule has 2 aromatic carbocycles. The van der Waals surface area contributed by atoms with Gasteiger partial charge >= 0.3 is 6.09 Å². The second-order valence-corrected chi connectivity index (χ2v) is 8.64. The minimum Gasteiger partial charge on any atom is -0.491 e. The van der Waals surface area contributed by atoms with Crippen LogP contribution in [0.4, 0.5) is 4.79 Å². The van der Waals surface area contributed by atoms with Crippen LogP contribution in [0.1, 0.15) is 39.2 Å². The molecule has 0 saturated carbocycles. The lowest BCUT2D eigenvalue weighted by molar-refractivity contribution is -0.0177. The summed E-state index contributed by atoms with van der Waals surface area (Å²) in [6.07, 6.45) is 1.51. The maximum Gasteiger partial charge on any atom is 0.410 e. The first-order valence-electron chi connectivity index (χ1n) is 10.9. The van der Waals surface area contributed by atoms with Crippen LogP contribution < -0.4 is 9.47 Å². The van der Waals surface area contributed by atoms with Gasteiger partial charge in [0.2, 0.25) is 0 Å². The van der Waals surface area contributed by atoms with Crippen LogP contribution in [-0.2, 0) is 16.1 Å². The molecule has 1 aliphatic heterocycles. The molecule has 0 aromatic heterocycles. The summed E-state index contributed by atoms with van der Waals surface area (Å²) in [5.41, 5.74) is 0.658. The first-order valence-corrected chi connectivity index (χ1v) is 10.9. The normalized spacial score (nSPS) is 14.9. The average Bonchev–Trinajstić information content (AvgIpc) is 2.76. The Morgan fingerprint density at radius 3 is 2.29 bits per heavy atom. The second kappa shape index (κ2) is 11.0. The largest absolute Gasteiger partial charge is 0.491 e. The highest BCUT2D eigenvalue weighted by atomic mass is 16.6. The van der Waals surface area contributed by atoms with E-state index in [1.54, 1.807) is 4.90 Å². The van der Waals surface area contributed by atoms with E-state index in [0.29, 0.717) is 32.9 Å². The molecule has 0 N–H and O–H groups in total. The summed E-state index contributed by atoms with van der Waals surface area (Å²) in [6, 6.07) is 17.7. The molecule has 0 aliphatic carbocycles. The summed E-state index contributed by atoms with van der Waals surface area (Å²) in [4.78, 5) is 13.9. The van der Waals surface area contributed by atoms with Crippen molar-refractivity contribution in [2.45, 2.75) is 51.9 Å². The Morgan fingerprint density at radius 2 is 1.61 bits per heavy atom. The van der Waals surface area contributed by atoms with Crippen molar-refractivity contribution in [2.24, 2.45) is 0 Å². The molecule has 0 spiro atoms. The fourth-order valence-corrected chi connectivity index (χ4v) is 3.30. The maximum atomic E-state index is 12.1. The number of nitrogens with zero attached hydrogens (tertiary/aromatic N) is 1. The summed E-state index contributed by atoms with van der Waals surface area (Å²) in [6.45, 7) is 8.45. The lowest BCUT2D eigenvalue weighted by Gasteiger charge is -2.33. The monoisotopic (exact) mass is 427 g/mol. The molecule has 0 bridgehead atoms. The summed E-state index contributed by atoms with van der Waals surface area (Å²) in [5.74, 6) is 1.53. The van der Waals surface area contributed by atoms with Crippen molar-refractivity contribution < 1.29 is 23.7 Å². The lowest BCUT2D eigenvalue weighted by Crippen LogP contribution is -2.43. The van der Waals surface area contributed by atoms with E-state index in [1.165, 1.54) is 0 Å². The molecule has 1 saturated heterocycles. The Bertz CT molecular complexity index is 810. The molecule has 1 heterocycles. The van der Waals surface area contributed by atoms with Gasteiger partial charge in [0.25, 0.3) is 0 Å². The van der Waals surface area contributed by atoms with Crippen molar-refractivity contribution in [3.63, 3.8) is 0 Å². The molecular formula is C25H33NO5. The molecule has 1 fully saturated rings. The zero-order valence-corrected chi connectivity index (χ0v) is 18.7. The number of likely N-dealkylation sites (tertiary alicyclic amines) is 1. The minimum atomic E-state index is -0.467.